The molecule has 0 rings (SSSR count). The molecule has 0 aromatic heterocycles. The molecule has 0 unspecified atom stereocenters. The Kier molecular flexibility index (Phi) is 29.0. The average molecular weight is 708 g/mol. The molecule has 4 amide bonds. The Bertz CT molecular complexity index is 1070. The second-order valence-electron chi connectivity index (χ2n) is 11.5. The van der Waals surface area contributed by atoms with E-state index in [1.807, 2.05) is 0 Å². The molecule has 0 N–H and O–H groups in total. The molecule has 0 bridgehead atoms. The van der Waals surface area contributed by atoms with Crippen LogP contribution in [-0.2, 0) is 42.9 Å². The Hall–Kier alpha value is -4.41. The molecule has 0 saturated carbocycles. The Morgan fingerprint density at radius 1 is 0.540 bits per heavy atom. The summed E-state index contributed by atoms with van der Waals surface area (Å²) in [4.78, 5) is 75.9. The number of imide groups is 2. The smallest absolute Gasteiger partial charge is 0.416 e. The van der Waals surface area contributed by atoms with E-state index in [1.54, 1.807) is 6.26 Å². The Balaban J connectivity index is 4.82. The maximum absolute atomic E-state index is 13.0. The molecule has 0 aliphatic carbocycles. The maximum Gasteiger partial charge on any atom is 0.416 e. The van der Waals surface area contributed by atoms with Crippen LogP contribution in [0.4, 0.5) is 9.59 Å². The molecule has 282 valence electrons. The number of ether oxygens (including phenoxy) is 5. The van der Waals surface area contributed by atoms with Gasteiger partial charge in [0.2, 0.25) is 11.8 Å². The van der Waals surface area contributed by atoms with Crippen LogP contribution in [-0.4, -0.2) is 91.9 Å². The molecule has 0 radical (unpaired) electrons. The zero-order valence-corrected chi connectivity index (χ0v) is 29.9. The van der Waals surface area contributed by atoms with Gasteiger partial charge in [0.25, 0.3) is 6.26 Å². The van der Waals surface area contributed by atoms with Crippen molar-refractivity contribution in [2.45, 2.75) is 116 Å². The molecule has 0 atom stereocenters. The predicted molar refractivity (Wildman–Crippen MR) is 184 cm³/mol. The molecule has 0 aromatic rings. The van der Waals surface area contributed by atoms with Crippen LogP contribution in [0.25, 0.3) is 0 Å². The molecule has 0 spiro atoms. The van der Waals surface area contributed by atoms with E-state index in [-0.39, 0.29) is 64.2 Å². The van der Waals surface area contributed by atoms with E-state index in [0.717, 1.165) is 73.3 Å². The Labute approximate surface area is 297 Å². The molecule has 0 aliphatic rings. The van der Waals surface area contributed by atoms with Crippen molar-refractivity contribution in [1.29, 1.82) is 5.26 Å². The lowest BCUT2D eigenvalue weighted by molar-refractivity contribution is -0.139. The fourth-order valence-corrected chi connectivity index (χ4v) is 4.70. The summed E-state index contributed by atoms with van der Waals surface area (Å²) in [7, 11) is 0. The maximum atomic E-state index is 13.0. The highest BCUT2D eigenvalue weighted by atomic mass is 16.6. The SMILES string of the molecule is C=CC(=O)OCCOC(=O)N(CCCCCCCC(=O)N(CCCCCCOC#N)C(=O)OCCOC(=O)C=C)C(=O)CCCCCCCC. The molecular weight excluding hydrogens is 650 g/mol. The van der Waals surface area contributed by atoms with Crippen molar-refractivity contribution in [2.75, 3.05) is 46.1 Å². The van der Waals surface area contributed by atoms with Crippen molar-refractivity contribution in [1.82, 2.24) is 9.80 Å². The van der Waals surface area contributed by atoms with Gasteiger partial charge in [-0.05, 0) is 38.5 Å². The van der Waals surface area contributed by atoms with Crippen molar-refractivity contribution >= 4 is 35.9 Å². The molecule has 0 fully saturated rings. The van der Waals surface area contributed by atoms with Gasteiger partial charge in [-0.1, -0.05) is 77.9 Å². The lowest BCUT2D eigenvalue weighted by Gasteiger charge is -2.21. The molecule has 0 heterocycles. The fourth-order valence-electron chi connectivity index (χ4n) is 4.70. The number of carbonyl (C=O) groups excluding carboxylic acids is 6. The van der Waals surface area contributed by atoms with Crippen LogP contribution in [0.1, 0.15) is 116 Å². The van der Waals surface area contributed by atoms with Gasteiger partial charge in [-0.25, -0.2) is 29.0 Å². The highest BCUT2D eigenvalue weighted by molar-refractivity contribution is 5.92. The van der Waals surface area contributed by atoms with Crippen LogP contribution >= 0.6 is 0 Å². The third-order valence-electron chi connectivity index (χ3n) is 7.44. The van der Waals surface area contributed by atoms with Crippen LogP contribution in [0, 0.1) is 11.5 Å². The second kappa shape index (κ2) is 31.8. The third kappa shape index (κ3) is 24.7. The molecule has 50 heavy (non-hydrogen) atoms. The second-order valence-corrected chi connectivity index (χ2v) is 11.5. The predicted octanol–water partition coefficient (Wildman–Crippen LogP) is 6.52. The van der Waals surface area contributed by atoms with Gasteiger partial charge in [0.05, 0.1) is 0 Å². The number of nitrogens with zero attached hydrogens (tertiary/aromatic N) is 3. The first-order valence-corrected chi connectivity index (χ1v) is 17.7. The first kappa shape index (κ1) is 45.6. The van der Waals surface area contributed by atoms with E-state index in [2.05, 4.69) is 24.8 Å². The largest absolute Gasteiger partial charge is 0.459 e. The first-order valence-electron chi connectivity index (χ1n) is 17.7. The van der Waals surface area contributed by atoms with Crippen molar-refractivity contribution in [3.63, 3.8) is 0 Å². The van der Waals surface area contributed by atoms with Crippen molar-refractivity contribution in [3.8, 4) is 6.26 Å². The summed E-state index contributed by atoms with van der Waals surface area (Å²) in [6.45, 7) is 8.71. The third-order valence-corrected chi connectivity index (χ3v) is 7.44. The van der Waals surface area contributed by atoms with Crippen LogP contribution in [0.15, 0.2) is 25.3 Å². The van der Waals surface area contributed by atoms with Gasteiger partial charge in [0.1, 0.15) is 33.0 Å². The van der Waals surface area contributed by atoms with Gasteiger partial charge in [-0.15, -0.1) is 0 Å². The minimum Gasteiger partial charge on any atom is -0.459 e. The zero-order valence-electron chi connectivity index (χ0n) is 29.9. The summed E-state index contributed by atoms with van der Waals surface area (Å²) >= 11 is 0. The summed E-state index contributed by atoms with van der Waals surface area (Å²) in [5, 5.41) is 8.45. The number of unbranched alkanes of at least 4 members (excludes halogenated alkanes) is 12. The summed E-state index contributed by atoms with van der Waals surface area (Å²) in [6.07, 6.45) is 14.3. The quantitative estimate of drug-likeness (QED) is 0.0260. The van der Waals surface area contributed by atoms with E-state index in [1.165, 1.54) is 0 Å². The number of carbonyl (C=O) groups is 6. The highest BCUT2D eigenvalue weighted by Gasteiger charge is 2.23. The van der Waals surface area contributed by atoms with E-state index in [4.69, 9.17) is 24.2 Å². The molecule has 14 nitrogen and oxygen atoms in total. The van der Waals surface area contributed by atoms with Crippen LogP contribution in [0.2, 0.25) is 0 Å². The lowest BCUT2D eigenvalue weighted by atomic mass is 10.1. The minimum absolute atomic E-state index is 0.127. The van der Waals surface area contributed by atoms with Crippen molar-refractivity contribution < 1.29 is 52.5 Å². The van der Waals surface area contributed by atoms with Crippen LogP contribution in [0.5, 0.6) is 0 Å². The number of esters is 2. The molecular formula is C36H57N3O11. The van der Waals surface area contributed by atoms with Gasteiger partial charge < -0.3 is 23.7 Å². The van der Waals surface area contributed by atoms with E-state index in [0.29, 0.717) is 51.6 Å². The normalized spacial score (nSPS) is 10.2. The van der Waals surface area contributed by atoms with Crippen LogP contribution in [0.3, 0.4) is 0 Å². The van der Waals surface area contributed by atoms with Crippen molar-refractivity contribution in [3.05, 3.63) is 25.3 Å². The van der Waals surface area contributed by atoms with E-state index >= 15 is 0 Å². The fraction of sp³-hybridized carbons (Fsp3) is 0.694. The minimum atomic E-state index is -0.811. The Morgan fingerprint density at radius 2 is 0.920 bits per heavy atom. The number of amides is 4. The van der Waals surface area contributed by atoms with E-state index in [9.17, 15) is 28.8 Å². The van der Waals surface area contributed by atoms with Gasteiger partial charge >= 0.3 is 24.1 Å². The summed E-state index contributed by atoms with van der Waals surface area (Å²) in [6, 6.07) is 0. The van der Waals surface area contributed by atoms with Gasteiger partial charge in [-0.2, -0.15) is 5.26 Å². The van der Waals surface area contributed by atoms with Crippen molar-refractivity contribution in [2.24, 2.45) is 0 Å². The summed E-state index contributed by atoms with van der Waals surface area (Å²) < 4.78 is 24.6. The zero-order chi connectivity index (χ0) is 37.2. The number of rotatable bonds is 30. The monoisotopic (exact) mass is 707 g/mol. The average Bonchev–Trinajstić information content (AvgIpc) is 3.11. The summed E-state index contributed by atoms with van der Waals surface area (Å²) in [5.41, 5.74) is 0. The lowest BCUT2D eigenvalue weighted by Crippen LogP contribution is -2.38. The number of hydrogen-bond donors (Lipinski definition) is 0. The topological polar surface area (TPSA) is 179 Å². The van der Waals surface area contributed by atoms with Gasteiger partial charge in [-0.3, -0.25) is 9.59 Å². The molecule has 0 saturated heterocycles. The summed E-state index contributed by atoms with van der Waals surface area (Å²) in [5.74, 6) is -1.96. The molecule has 0 aliphatic heterocycles. The first-order chi connectivity index (χ1) is 24.2. The molecule has 0 aromatic carbocycles. The highest BCUT2D eigenvalue weighted by Crippen LogP contribution is 2.13. The van der Waals surface area contributed by atoms with Gasteiger partial charge in [0, 0.05) is 38.1 Å². The standard InChI is InChI=1S/C36H57N3O11/c1-4-7-8-9-11-16-21-31(40)38(35(44)49-28-26-47-33(42)5-2)23-18-13-10-12-17-22-32(41)39(24-19-14-15-20-25-46-30-37)36(45)50-29-27-48-34(43)6-3/h5-6H,2-4,7-29H2,1H3. The number of hydrogen-bond acceptors (Lipinski definition) is 12. The number of nitriles is 1. The van der Waals surface area contributed by atoms with Crippen LogP contribution < -0.4 is 0 Å². The van der Waals surface area contributed by atoms with E-state index < -0.39 is 24.1 Å². The molecule has 14 heteroatoms. The Morgan fingerprint density at radius 3 is 1.34 bits per heavy atom. The van der Waals surface area contributed by atoms with Gasteiger partial charge in [0.15, 0.2) is 0 Å².